The van der Waals surface area contributed by atoms with Crippen LogP contribution in [0.3, 0.4) is 0 Å². The van der Waals surface area contributed by atoms with Gasteiger partial charge in [0.05, 0.1) is 38.4 Å². The van der Waals surface area contributed by atoms with E-state index in [1.54, 1.807) is 54.2 Å². The summed E-state index contributed by atoms with van der Waals surface area (Å²) in [6.07, 6.45) is 1.61. The fourth-order valence-electron chi connectivity index (χ4n) is 3.85. The van der Waals surface area contributed by atoms with Crippen LogP contribution in [0.2, 0.25) is 0 Å². The van der Waals surface area contributed by atoms with Crippen molar-refractivity contribution in [3.05, 3.63) is 90.9 Å². The van der Waals surface area contributed by atoms with Crippen molar-refractivity contribution < 1.29 is 18.7 Å². The molecule has 6 nitrogen and oxygen atoms in total. The van der Waals surface area contributed by atoms with Crippen molar-refractivity contribution >= 4 is 34.9 Å². The molecule has 4 aromatic rings. The van der Waals surface area contributed by atoms with Crippen molar-refractivity contribution in [3.8, 4) is 11.5 Å². The molecule has 5 rings (SSSR count). The molecule has 0 aliphatic carbocycles. The molecule has 0 N–H and O–H groups in total. The molecule has 0 unspecified atom stereocenters. The Kier molecular flexibility index (Phi) is 5.71. The summed E-state index contributed by atoms with van der Waals surface area (Å²) in [5.74, 6) is 1.81. The van der Waals surface area contributed by atoms with Crippen molar-refractivity contribution in [1.29, 1.82) is 0 Å². The van der Waals surface area contributed by atoms with Crippen LogP contribution in [-0.2, 0) is 6.54 Å². The molecule has 1 aromatic heterocycles. The average Bonchev–Trinajstić information content (AvgIpc) is 3.38. The SMILES string of the molecule is COc1ccc(N(Cc2ccco2)C(=O)N2c3ccccc3Sc3ccccc32)cc1OC. The zero-order valence-corrected chi connectivity index (χ0v) is 19.0. The molecule has 0 bridgehead atoms. The van der Waals surface area contributed by atoms with Crippen LogP contribution in [0.4, 0.5) is 21.9 Å². The first-order valence-electron chi connectivity index (χ1n) is 10.4. The molecule has 0 radical (unpaired) electrons. The van der Waals surface area contributed by atoms with Gasteiger partial charge < -0.3 is 13.9 Å². The van der Waals surface area contributed by atoms with Crippen LogP contribution in [0.25, 0.3) is 0 Å². The van der Waals surface area contributed by atoms with Gasteiger partial charge in [0, 0.05) is 21.5 Å². The van der Waals surface area contributed by atoms with Gasteiger partial charge >= 0.3 is 6.03 Å². The first kappa shape index (κ1) is 21.0. The highest BCUT2D eigenvalue weighted by Crippen LogP contribution is 2.48. The van der Waals surface area contributed by atoms with Gasteiger partial charge in [0.15, 0.2) is 11.5 Å². The maximum absolute atomic E-state index is 14.2. The first-order chi connectivity index (χ1) is 16.2. The molecular weight excluding hydrogens is 436 g/mol. The third-order valence-corrected chi connectivity index (χ3v) is 6.56. The van der Waals surface area contributed by atoms with Crippen molar-refractivity contribution in [2.45, 2.75) is 16.3 Å². The Labute approximate surface area is 196 Å². The lowest BCUT2D eigenvalue weighted by molar-refractivity contribution is 0.252. The highest BCUT2D eigenvalue weighted by Gasteiger charge is 2.32. The number of hydrogen-bond acceptors (Lipinski definition) is 5. The maximum atomic E-state index is 14.2. The summed E-state index contributed by atoms with van der Waals surface area (Å²) in [6.45, 7) is 0.259. The minimum Gasteiger partial charge on any atom is -0.493 e. The molecule has 1 aliphatic heterocycles. The number of anilines is 3. The highest BCUT2D eigenvalue weighted by atomic mass is 32.2. The fourth-order valence-corrected chi connectivity index (χ4v) is 4.91. The molecule has 2 amide bonds. The van der Waals surface area contributed by atoms with E-state index in [0.29, 0.717) is 22.9 Å². The lowest BCUT2D eigenvalue weighted by Crippen LogP contribution is -2.41. The van der Waals surface area contributed by atoms with E-state index in [2.05, 4.69) is 0 Å². The Balaban J connectivity index is 1.63. The Bertz CT molecular complexity index is 1240. The van der Waals surface area contributed by atoms with Gasteiger partial charge in [-0.1, -0.05) is 36.0 Å². The molecule has 0 saturated carbocycles. The number of hydrogen-bond donors (Lipinski definition) is 0. The molecule has 33 heavy (non-hydrogen) atoms. The fraction of sp³-hybridized carbons (Fsp3) is 0.115. The predicted molar refractivity (Wildman–Crippen MR) is 129 cm³/mol. The summed E-state index contributed by atoms with van der Waals surface area (Å²) >= 11 is 1.66. The minimum atomic E-state index is -0.196. The van der Waals surface area contributed by atoms with Crippen LogP contribution in [0.5, 0.6) is 11.5 Å². The van der Waals surface area contributed by atoms with E-state index in [1.165, 1.54) is 0 Å². The molecule has 0 saturated heterocycles. The molecule has 3 aromatic carbocycles. The van der Waals surface area contributed by atoms with Crippen molar-refractivity contribution in [3.63, 3.8) is 0 Å². The molecule has 1 aliphatic rings. The number of rotatable bonds is 5. The Hall–Kier alpha value is -3.84. The van der Waals surface area contributed by atoms with Gasteiger partial charge in [-0.3, -0.25) is 9.80 Å². The van der Waals surface area contributed by atoms with E-state index in [1.807, 2.05) is 66.7 Å². The highest BCUT2D eigenvalue weighted by molar-refractivity contribution is 7.99. The second-order valence-electron chi connectivity index (χ2n) is 7.36. The van der Waals surface area contributed by atoms with Crippen LogP contribution in [0.15, 0.2) is 99.3 Å². The van der Waals surface area contributed by atoms with Gasteiger partial charge in [-0.15, -0.1) is 0 Å². The molecule has 7 heteroatoms. The van der Waals surface area contributed by atoms with Crippen LogP contribution in [0.1, 0.15) is 5.76 Å². The van der Waals surface area contributed by atoms with E-state index >= 15 is 0 Å². The number of fused-ring (bicyclic) bond motifs is 2. The second kappa shape index (κ2) is 8.96. The largest absolute Gasteiger partial charge is 0.493 e. The second-order valence-corrected chi connectivity index (χ2v) is 8.44. The molecule has 0 atom stereocenters. The summed E-state index contributed by atoms with van der Waals surface area (Å²) in [5, 5.41) is 0. The van der Waals surface area contributed by atoms with Crippen LogP contribution < -0.4 is 19.3 Å². The minimum absolute atomic E-state index is 0.196. The summed E-state index contributed by atoms with van der Waals surface area (Å²) in [5.41, 5.74) is 2.36. The van der Waals surface area contributed by atoms with Crippen LogP contribution in [0, 0.1) is 0 Å². The number of carbonyl (C=O) groups excluding carboxylic acids is 1. The average molecular weight is 459 g/mol. The normalized spacial score (nSPS) is 12.0. The number of nitrogens with zero attached hydrogens (tertiary/aromatic N) is 2. The predicted octanol–water partition coefficient (Wildman–Crippen LogP) is 6.73. The molecule has 166 valence electrons. The van der Waals surface area contributed by atoms with Gasteiger partial charge in [0.2, 0.25) is 0 Å². The van der Waals surface area contributed by atoms with E-state index in [0.717, 1.165) is 21.2 Å². The summed E-state index contributed by atoms with van der Waals surface area (Å²) in [7, 11) is 3.16. The number of methoxy groups -OCH3 is 2. The summed E-state index contributed by atoms with van der Waals surface area (Å²) < 4.78 is 16.5. The maximum Gasteiger partial charge on any atom is 0.334 e. The number of furan rings is 1. The smallest absolute Gasteiger partial charge is 0.334 e. The van der Waals surface area contributed by atoms with Gasteiger partial charge in [-0.2, -0.15) is 0 Å². The topological polar surface area (TPSA) is 55.2 Å². The quantitative estimate of drug-likeness (QED) is 0.332. The summed E-state index contributed by atoms with van der Waals surface area (Å²) in [6, 6.07) is 24.8. The lowest BCUT2D eigenvalue weighted by Gasteiger charge is -2.35. The van der Waals surface area contributed by atoms with E-state index < -0.39 is 0 Å². The van der Waals surface area contributed by atoms with Gasteiger partial charge in [0.25, 0.3) is 0 Å². The van der Waals surface area contributed by atoms with Crippen molar-refractivity contribution in [1.82, 2.24) is 0 Å². The first-order valence-corrected chi connectivity index (χ1v) is 11.2. The zero-order valence-electron chi connectivity index (χ0n) is 18.2. The number of benzene rings is 3. The van der Waals surface area contributed by atoms with Crippen molar-refractivity contribution in [2.24, 2.45) is 0 Å². The van der Waals surface area contributed by atoms with Crippen LogP contribution >= 0.6 is 11.8 Å². The standard InChI is InChI=1S/C26H22N2O4S/c1-30-22-14-13-18(16-23(22)31-2)27(17-19-8-7-15-32-19)26(29)28-20-9-3-5-11-24(20)33-25-12-6-4-10-21(25)28/h3-16H,17H2,1-2H3. The third kappa shape index (κ3) is 3.91. The molecule has 0 fully saturated rings. The van der Waals surface area contributed by atoms with Gasteiger partial charge in [-0.25, -0.2) is 4.79 Å². The molecular formula is C26H22N2O4S. The van der Waals surface area contributed by atoms with Crippen LogP contribution in [-0.4, -0.2) is 20.3 Å². The molecule has 2 heterocycles. The number of para-hydroxylation sites is 2. The monoisotopic (exact) mass is 458 g/mol. The zero-order chi connectivity index (χ0) is 22.8. The third-order valence-electron chi connectivity index (χ3n) is 5.43. The Morgan fingerprint density at radius 3 is 2.15 bits per heavy atom. The molecule has 0 spiro atoms. The number of urea groups is 1. The van der Waals surface area contributed by atoms with E-state index in [-0.39, 0.29) is 12.6 Å². The number of ether oxygens (including phenoxy) is 2. The van der Waals surface area contributed by atoms with E-state index in [4.69, 9.17) is 13.9 Å². The van der Waals surface area contributed by atoms with Gasteiger partial charge in [-0.05, 0) is 48.5 Å². The Morgan fingerprint density at radius 2 is 1.55 bits per heavy atom. The van der Waals surface area contributed by atoms with Crippen molar-refractivity contribution in [2.75, 3.05) is 24.0 Å². The Morgan fingerprint density at radius 1 is 0.879 bits per heavy atom. The van der Waals surface area contributed by atoms with Gasteiger partial charge in [0.1, 0.15) is 5.76 Å². The number of carbonyl (C=O) groups is 1. The number of amides is 2. The summed E-state index contributed by atoms with van der Waals surface area (Å²) in [4.78, 5) is 19.7. The lowest BCUT2D eigenvalue weighted by atomic mass is 10.2. The van der Waals surface area contributed by atoms with E-state index in [9.17, 15) is 4.79 Å².